The summed E-state index contributed by atoms with van der Waals surface area (Å²) in [6, 6.07) is -7.85. The minimum Gasteiger partial charge on any atom is -0.508 e. The molecule has 0 radical (unpaired) electrons. The molecule has 3 aliphatic rings. The third-order valence-corrected chi connectivity index (χ3v) is 15.3. The first kappa shape index (κ1) is 66.4. The van der Waals surface area contributed by atoms with Gasteiger partial charge in [0.2, 0.25) is 41.4 Å². The third kappa shape index (κ3) is 19.8. The zero-order valence-electron chi connectivity index (χ0n) is 46.3. The van der Waals surface area contributed by atoms with E-state index < -0.39 is 152 Å². The number of nitrogens with one attached hydrogen (secondary N) is 5. The number of aromatic hydroxyl groups is 1. The summed E-state index contributed by atoms with van der Waals surface area (Å²) < 4.78 is 5.76. The number of carbonyl (C=O) groups is 7. The monoisotopic (exact) mass is 1120 g/mol. The van der Waals surface area contributed by atoms with E-state index in [-0.39, 0.29) is 56.8 Å². The standard InChI is InChI=1S/C54H91N9O16/c1-5-30(2)25-31(3)13-10-8-6-7-9-11-14-42(70)57-36-27-41(69)37(29-79-24-12-21-55)58-52(76)46-40(68)20-23-62(46)54(78)44(39(67)19-22-56)60-51(75)45(48(72)47(71)33-15-17-34(65)18-16-33)61-50(74)38-26-35(66)28-63(38)53(77)43(32(4)64)59-49(36)73/h15-18,30-32,35-41,43-48,64-69,71-72H,5-14,19-29,55-56H2,1-4H3,(H,57,70)(H,58,76)(H,59,73)(H,60,75)(H,61,74). The first-order valence-electron chi connectivity index (χ1n) is 28.2. The van der Waals surface area contributed by atoms with Crippen molar-refractivity contribution in [3.63, 3.8) is 0 Å². The van der Waals surface area contributed by atoms with E-state index in [9.17, 15) is 74.4 Å². The number of benzene rings is 1. The molecule has 0 aromatic heterocycles. The maximum absolute atomic E-state index is 14.6. The van der Waals surface area contributed by atoms with Crippen LogP contribution in [0, 0.1) is 11.8 Å². The molecule has 0 spiro atoms. The molecule has 1 aromatic carbocycles. The Hall–Kier alpha value is -5.09. The molecule has 0 saturated carbocycles. The van der Waals surface area contributed by atoms with Crippen LogP contribution in [0.3, 0.4) is 0 Å². The molecule has 4 rings (SSSR count). The van der Waals surface area contributed by atoms with Crippen molar-refractivity contribution >= 4 is 41.4 Å². The van der Waals surface area contributed by atoms with Gasteiger partial charge in [0.1, 0.15) is 54.2 Å². The molecular formula is C54H91N9O16. The number of carbonyl (C=O) groups excluding carboxylic acids is 7. The molecule has 79 heavy (non-hydrogen) atoms. The van der Waals surface area contributed by atoms with Crippen molar-refractivity contribution in [2.45, 2.75) is 209 Å². The van der Waals surface area contributed by atoms with Gasteiger partial charge in [0.25, 0.3) is 0 Å². The van der Waals surface area contributed by atoms with Gasteiger partial charge in [0, 0.05) is 39.0 Å². The number of hydrogen-bond acceptors (Lipinski definition) is 18. The third-order valence-electron chi connectivity index (χ3n) is 15.3. The summed E-state index contributed by atoms with van der Waals surface area (Å²) in [6.45, 7) is 6.64. The molecule has 448 valence electrons. The Balaban J connectivity index is 1.75. The molecule has 25 heteroatoms. The number of aliphatic hydroxyl groups excluding tert-OH is 7. The summed E-state index contributed by atoms with van der Waals surface area (Å²) in [5.74, 6) is -6.44. The Morgan fingerprint density at radius 3 is 2.00 bits per heavy atom. The summed E-state index contributed by atoms with van der Waals surface area (Å²) in [6.07, 6.45) is -5.14. The molecule has 1 aromatic rings. The molecule has 0 aliphatic carbocycles. The maximum Gasteiger partial charge on any atom is 0.248 e. The van der Waals surface area contributed by atoms with Gasteiger partial charge < -0.3 is 93.4 Å². The predicted octanol–water partition coefficient (Wildman–Crippen LogP) is -2.45. The number of nitrogens with two attached hydrogens (primary N) is 2. The van der Waals surface area contributed by atoms with E-state index in [0.717, 1.165) is 55.2 Å². The first-order valence-corrected chi connectivity index (χ1v) is 28.2. The highest BCUT2D eigenvalue weighted by molar-refractivity contribution is 5.98. The lowest BCUT2D eigenvalue weighted by atomic mass is 9.91. The summed E-state index contributed by atoms with van der Waals surface area (Å²) in [5.41, 5.74) is 11.4. The smallest absolute Gasteiger partial charge is 0.248 e. The lowest BCUT2D eigenvalue weighted by Gasteiger charge is -2.35. The minimum absolute atomic E-state index is 0.0289. The SMILES string of the molecule is CCC(C)CC(C)CCCCCCCCC(=O)NC1CC(O)C(COCCCN)NC(=O)C2C(O)CCN2C(=O)C(C(O)CCN)NC(=O)C(C(O)C(O)c2ccc(O)cc2)NC(=O)C2CC(O)CN2C(=O)C(C(C)O)NC1=O. The summed E-state index contributed by atoms with van der Waals surface area (Å²) in [4.78, 5) is 102. The molecular weight excluding hydrogens is 1030 g/mol. The zero-order valence-corrected chi connectivity index (χ0v) is 46.3. The maximum atomic E-state index is 14.6. The number of ether oxygens (including phenoxy) is 1. The number of phenolic OH excluding ortho intramolecular Hbond substituents is 1. The number of hydrogen-bond donors (Lipinski definition) is 15. The lowest BCUT2D eigenvalue weighted by Crippen LogP contribution is -2.64. The van der Waals surface area contributed by atoms with Crippen molar-refractivity contribution in [1.82, 2.24) is 36.4 Å². The van der Waals surface area contributed by atoms with E-state index in [0.29, 0.717) is 31.1 Å². The average Bonchev–Trinajstić information content (AvgIpc) is 4.06. The van der Waals surface area contributed by atoms with Crippen LogP contribution in [0.25, 0.3) is 0 Å². The van der Waals surface area contributed by atoms with Crippen LogP contribution in [0.2, 0.25) is 0 Å². The van der Waals surface area contributed by atoms with Crippen molar-refractivity contribution in [2.75, 3.05) is 39.4 Å². The second-order valence-corrected chi connectivity index (χ2v) is 21.9. The number of rotatable bonds is 25. The molecule has 16 atom stereocenters. The zero-order chi connectivity index (χ0) is 58.5. The second-order valence-electron chi connectivity index (χ2n) is 21.9. The number of aliphatic hydroxyl groups is 7. The van der Waals surface area contributed by atoms with Crippen molar-refractivity contribution in [1.29, 1.82) is 0 Å². The fourth-order valence-corrected chi connectivity index (χ4v) is 10.4. The van der Waals surface area contributed by atoms with Gasteiger partial charge in [0.05, 0.1) is 43.2 Å². The lowest BCUT2D eigenvalue weighted by molar-refractivity contribution is -0.148. The van der Waals surface area contributed by atoms with E-state index in [2.05, 4.69) is 47.4 Å². The Bertz CT molecular complexity index is 2110. The molecule has 25 nitrogen and oxygen atoms in total. The Kier molecular flexibility index (Phi) is 27.7. The van der Waals surface area contributed by atoms with Gasteiger partial charge >= 0.3 is 0 Å². The number of phenols is 1. The largest absolute Gasteiger partial charge is 0.508 e. The Labute approximate surface area is 462 Å². The van der Waals surface area contributed by atoms with Gasteiger partial charge in [-0.05, 0) is 81.6 Å². The van der Waals surface area contributed by atoms with Crippen LogP contribution in [-0.4, -0.2) is 210 Å². The highest BCUT2D eigenvalue weighted by atomic mass is 16.5. The van der Waals surface area contributed by atoms with E-state index in [1.54, 1.807) is 0 Å². The van der Waals surface area contributed by atoms with E-state index in [1.165, 1.54) is 30.7 Å². The summed E-state index contributed by atoms with van der Waals surface area (Å²) in [7, 11) is 0. The molecule has 3 aliphatic heterocycles. The Morgan fingerprint density at radius 2 is 1.35 bits per heavy atom. The number of unbranched alkanes of at least 4 members (excludes halogenated alkanes) is 5. The normalized spacial score (nSPS) is 28.2. The van der Waals surface area contributed by atoms with Gasteiger partial charge in [-0.25, -0.2) is 0 Å². The first-order chi connectivity index (χ1) is 37.5. The summed E-state index contributed by atoms with van der Waals surface area (Å²) >= 11 is 0. The van der Waals surface area contributed by atoms with Gasteiger partial charge in [-0.2, -0.15) is 0 Å². The van der Waals surface area contributed by atoms with Crippen LogP contribution < -0.4 is 38.1 Å². The fourth-order valence-electron chi connectivity index (χ4n) is 10.4. The van der Waals surface area contributed by atoms with Crippen molar-refractivity contribution in [2.24, 2.45) is 23.3 Å². The molecule has 3 fully saturated rings. The summed E-state index contributed by atoms with van der Waals surface area (Å²) in [5, 5.41) is 102. The molecule has 16 unspecified atom stereocenters. The number of amides is 7. The minimum atomic E-state index is -2.28. The van der Waals surface area contributed by atoms with Gasteiger partial charge in [-0.15, -0.1) is 0 Å². The number of fused-ring (bicyclic) bond motifs is 2. The van der Waals surface area contributed by atoms with Crippen LogP contribution in [0.1, 0.15) is 136 Å². The average molecular weight is 1120 g/mol. The molecule has 17 N–H and O–H groups in total. The molecule has 3 heterocycles. The van der Waals surface area contributed by atoms with Crippen molar-refractivity contribution in [3.8, 4) is 5.75 Å². The fraction of sp³-hybridized carbons (Fsp3) is 0.759. The molecule has 0 bridgehead atoms. The Morgan fingerprint density at radius 1 is 0.722 bits per heavy atom. The predicted molar refractivity (Wildman–Crippen MR) is 288 cm³/mol. The van der Waals surface area contributed by atoms with Crippen LogP contribution >= 0.6 is 0 Å². The topological polar surface area (TPSA) is 409 Å². The van der Waals surface area contributed by atoms with Crippen molar-refractivity contribution < 1.29 is 79.2 Å². The van der Waals surface area contributed by atoms with Gasteiger partial charge in [-0.1, -0.05) is 77.8 Å². The van der Waals surface area contributed by atoms with Gasteiger partial charge in [0.15, 0.2) is 0 Å². The highest BCUT2D eigenvalue weighted by Crippen LogP contribution is 2.27. The van der Waals surface area contributed by atoms with Crippen LogP contribution in [0.15, 0.2) is 24.3 Å². The van der Waals surface area contributed by atoms with Crippen molar-refractivity contribution in [3.05, 3.63) is 29.8 Å². The van der Waals surface area contributed by atoms with E-state index in [1.807, 2.05) is 0 Å². The second kappa shape index (κ2) is 33.0. The van der Waals surface area contributed by atoms with Crippen LogP contribution in [0.5, 0.6) is 5.75 Å². The van der Waals surface area contributed by atoms with E-state index in [4.69, 9.17) is 16.2 Å². The number of nitrogens with zero attached hydrogens (tertiary/aromatic N) is 2. The highest BCUT2D eigenvalue weighted by Gasteiger charge is 2.49. The van der Waals surface area contributed by atoms with Crippen LogP contribution in [-0.2, 0) is 38.3 Å². The molecule has 3 saturated heterocycles. The van der Waals surface area contributed by atoms with Crippen LogP contribution in [0.4, 0.5) is 0 Å². The molecule has 7 amide bonds. The van der Waals surface area contributed by atoms with E-state index >= 15 is 0 Å². The van der Waals surface area contributed by atoms with Gasteiger partial charge in [-0.3, -0.25) is 33.6 Å². The quantitative estimate of drug-likeness (QED) is 0.0452.